The zero-order chi connectivity index (χ0) is 16.2. The number of ether oxygens (including phenoxy) is 1. The average molecular weight is 306 g/mol. The van der Waals surface area contributed by atoms with Crippen LogP contribution in [0, 0.1) is 0 Å². The van der Waals surface area contributed by atoms with E-state index in [-0.39, 0.29) is 5.76 Å². The molecule has 22 heavy (non-hydrogen) atoms. The number of unbranched alkanes of at least 4 members (excludes halogenated alkanes) is 8. The fourth-order valence-electron chi connectivity index (χ4n) is 2.55. The number of allylic oxidation sites excluding steroid dienone is 3. The van der Waals surface area contributed by atoms with Crippen LogP contribution in [-0.2, 0) is 9.53 Å². The molecule has 1 heterocycles. The lowest BCUT2D eigenvalue weighted by atomic mass is 10.0. The highest BCUT2D eigenvalue weighted by Gasteiger charge is 2.32. The normalized spacial score (nSPS) is 20.3. The predicted molar refractivity (Wildman–Crippen MR) is 90.3 cm³/mol. The number of aliphatic hydroxyl groups is 1. The summed E-state index contributed by atoms with van der Waals surface area (Å²) in [7, 11) is 0. The highest BCUT2D eigenvalue weighted by Crippen LogP contribution is 2.23. The monoisotopic (exact) mass is 306 g/mol. The van der Waals surface area contributed by atoms with E-state index < -0.39 is 12.1 Å². The Balaban J connectivity index is 1.97. The molecule has 0 saturated carbocycles. The average Bonchev–Trinajstić information content (AvgIpc) is 2.74. The van der Waals surface area contributed by atoms with Crippen LogP contribution in [0.2, 0.25) is 0 Å². The van der Waals surface area contributed by atoms with Gasteiger partial charge >= 0.3 is 5.97 Å². The van der Waals surface area contributed by atoms with Gasteiger partial charge in [-0.25, -0.2) is 4.79 Å². The lowest BCUT2D eigenvalue weighted by molar-refractivity contribution is -0.132. The van der Waals surface area contributed by atoms with Gasteiger partial charge in [-0.15, -0.1) is 0 Å². The third kappa shape index (κ3) is 7.08. The Hall–Kier alpha value is -1.35. The molecule has 3 nitrogen and oxygen atoms in total. The molecule has 124 valence electrons. The summed E-state index contributed by atoms with van der Waals surface area (Å²) in [6.45, 7) is 5.67. The number of hydrogen-bond donors (Lipinski definition) is 1. The van der Waals surface area contributed by atoms with Crippen molar-refractivity contribution in [2.45, 2.75) is 77.2 Å². The number of hydrogen-bond acceptors (Lipinski definition) is 3. The maximum absolute atomic E-state index is 11.4. The van der Waals surface area contributed by atoms with Crippen molar-refractivity contribution in [2.24, 2.45) is 0 Å². The first-order valence-corrected chi connectivity index (χ1v) is 8.61. The van der Waals surface area contributed by atoms with Crippen LogP contribution in [0.1, 0.15) is 71.1 Å². The molecule has 0 aliphatic carbocycles. The molecule has 1 aliphatic rings. The largest absolute Gasteiger partial charge is 0.425 e. The molecular formula is C19H30O3. The lowest BCUT2D eigenvalue weighted by Gasteiger charge is -2.01. The molecule has 1 saturated heterocycles. The molecule has 0 spiro atoms. The summed E-state index contributed by atoms with van der Waals surface area (Å²) in [5, 5.41) is 9.69. The van der Waals surface area contributed by atoms with E-state index >= 15 is 0 Å². The second-order valence-electron chi connectivity index (χ2n) is 5.85. The van der Waals surface area contributed by atoms with Crippen LogP contribution in [0.3, 0.4) is 0 Å². The van der Waals surface area contributed by atoms with E-state index in [1.54, 1.807) is 6.08 Å². The van der Waals surface area contributed by atoms with Gasteiger partial charge in [0.1, 0.15) is 11.9 Å². The van der Waals surface area contributed by atoms with Gasteiger partial charge in [0.2, 0.25) is 0 Å². The van der Waals surface area contributed by atoms with Gasteiger partial charge in [-0.05, 0) is 32.1 Å². The predicted octanol–water partition coefficient (Wildman–Crippen LogP) is 4.82. The number of rotatable bonds is 11. The van der Waals surface area contributed by atoms with E-state index in [4.69, 9.17) is 4.74 Å². The van der Waals surface area contributed by atoms with Crippen LogP contribution < -0.4 is 0 Å². The van der Waals surface area contributed by atoms with Crippen molar-refractivity contribution < 1.29 is 14.6 Å². The van der Waals surface area contributed by atoms with Gasteiger partial charge in [0, 0.05) is 0 Å². The Kier molecular flexibility index (Phi) is 9.56. The van der Waals surface area contributed by atoms with Crippen molar-refractivity contribution in [1.82, 2.24) is 0 Å². The standard InChI is InChI=1S/C19H30O3/c1-3-4-5-6-7-8-9-10-11-12-13-14-15-17-18(20)16(2)22-19(17)21/h4-5,15,18,20H,2-3,6-14H2,1H3/b5-4+,17-15-/t18-/m0/s1. The second kappa shape index (κ2) is 11.2. The Morgan fingerprint density at radius 1 is 1.05 bits per heavy atom. The summed E-state index contributed by atoms with van der Waals surface area (Å²) >= 11 is 0. The van der Waals surface area contributed by atoms with Gasteiger partial charge in [0.05, 0.1) is 5.57 Å². The van der Waals surface area contributed by atoms with Gasteiger partial charge < -0.3 is 9.84 Å². The maximum Gasteiger partial charge on any atom is 0.341 e. The Bertz CT molecular complexity index is 407. The summed E-state index contributed by atoms with van der Waals surface area (Å²) < 4.78 is 4.79. The van der Waals surface area contributed by atoms with Gasteiger partial charge in [-0.3, -0.25) is 0 Å². The van der Waals surface area contributed by atoms with Crippen molar-refractivity contribution in [3.63, 3.8) is 0 Å². The zero-order valence-electron chi connectivity index (χ0n) is 13.9. The second-order valence-corrected chi connectivity index (χ2v) is 5.85. The summed E-state index contributed by atoms with van der Waals surface area (Å²) in [4.78, 5) is 11.4. The molecule has 0 aromatic heterocycles. The van der Waals surface area contributed by atoms with Crippen LogP contribution in [0.15, 0.2) is 36.1 Å². The summed E-state index contributed by atoms with van der Waals surface area (Å²) in [5.74, 6) is -0.306. The van der Waals surface area contributed by atoms with Crippen molar-refractivity contribution >= 4 is 5.97 Å². The molecule has 1 fully saturated rings. The molecule has 0 bridgehead atoms. The molecule has 0 aromatic carbocycles. The minimum atomic E-state index is -0.936. The van der Waals surface area contributed by atoms with E-state index in [1.807, 2.05) is 0 Å². The van der Waals surface area contributed by atoms with E-state index in [2.05, 4.69) is 25.7 Å². The van der Waals surface area contributed by atoms with Crippen LogP contribution in [0.4, 0.5) is 0 Å². The number of aliphatic hydroxyl groups excluding tert-OH is 1. The molecule has 1 N–H and O–H groups in total. The van der Waals surface area contributed by atoms with Gasteiger partial charge in [-0.1, -0.05) is 63.8 Å². The van der Waals surface area contributed by atoms with E-state index in [0.717, 1.165) is 19.3 Å². The van der Waals surface area contributed by atoms with E-state index in [0.29, 0.717) is 5.57 Å². The topological polar surface area (TPSA) is 46.5 Å². The Morgan fingerprint density at radius 2 is 1.64 bits per heavy atom. The molecule has 1 rings (SSSR count). The van der Waals surface area contributed by atoms with Crippen molar-refractivity contribution in [3.8, 4) is 0 Å². The van der Waals surface area contributed by atoms with Gasteiger partial charge in [0.15, 0.2) is 0 Å². The third-order valence-corrected chi connectivity index (χ3v) is 3.90. The number of esters is 1. The first kappa shape index (κ1) is 18.7. The number of cyclic esters (lactones) is 1. The fourth-order valence-corrected chi connectivity index (χ4v) is 2.55. The molecule has 0 radical (unpaired) electrons. The lowest BCUT2D eigenvalue weighted by Crippen LogP contribution is -2.07. The maximum atomic E-state index is 11.4. The minimum Gasteiger partial charge on any atom is -0.425 e. The van der Waals surface area contributed by atoms with Crippen LogP contribution in [-0.4, -0.2) is 17.2 Å². The highest BCUT2D eigenvalue weighted by atomic mass is 16.6. The molecule has 0 amide bonds. The van der Waals surface area contributed by atoms with Gasteiger partial charge in [-0.2, -0.15) is 0 Å². The van der Waals surface area contributed by atoms with Crippen LogP contribution >= 0.6 is 0 Å². The van der Waals surface area contributed by atoms with Crippen LogP contribution in [0.5, 0.6) is 0 Å². The van der Waals surface area contributed by atoms with Crippen molar-refractivity contribution in [1.29, 1.82) is 0 Å². The molecule has 0 aromatic rings. The zero-order valence-corrected chi connectivity index (χ0v) is 13.9. The van der Waals surface area contributed by atoms with E-state index in [9.17, 15) is 9.90 Å². The number of carbonyl (C=O) groups excluding carboxylic acids is 1. The van der Waals surface area contributed by atoms with Crippen LogP contribution in [0.25, 0.3) is 0 Å². The fraction of sp³-hybridized carbons (Fsp3) is 0.632. The smallest absolute Gasteiger partial charge is 0.341 e. The summed E-state index contributed by atoms with van der Waals surface area (Å²) in [6, 6.07) is 0. The molecular weight excluding hydrogens is 276 g/mol. The SMILES string of the molecule is C=C1OC(=O)/C(=C\CCCCCCCCC/C=C/CC)[C@H]1O. The Labute approximate surface area is 134 Å². The minimum absolute atomic E-state index is 0.144. The van der Waals surface area contributed by atoms with Crippen molar-refractivity contribution in [2.75, 3.05) is 0 Å². The first-order chi connectivity index (χ1) is 10.7. The third-order valence-electron chi connectivity index (χ3n) is 3.90. The molecule has 1 atom stereocenters. The van der Waals surface area contributed by atoms with E-state index in [1.165, 1.54) is 44.9 Å². The number of carbonyl (C=O) groups is 1. The quantitative estimate of drug-likeness (QED) is 0.257. The summed E-state index contributed by atoms with van der Waals surface area (Å²) in [5.41, 5.74) is 0.352. The molecule has 3 heteroatoms. The first-order valence-electron chi connectivity index (χ1n) is 8.61. The Morgan fingerprint density at radius 3 is 2.18 bits per heavy atom. The molecule has 0 unspecified atom stereocenters. The van der Waals surface area contributed by atoms with Gasteiger partial charge in [0.25, 0.3) is 0 Å². The van der Waals surface area contributed by atoms with Crippen molar-refractivity contribution in [3.05, 3.63) is 36.1 Å². The molecule has 1 aliphatic heterocycles. The highest BCUT2D eigenvalue weighted by molar-refractivity contribution is 5.93. The summed E-state index contributed by atoms with van der Waals surface area (Å²) in [6.07, 6.45) is 17.2.